The Hall–Kier alpha value is -1.07. The highest BCUT2D eigenvalue weighted by Crippen LogP contribution is 2.32. The zero-order chi connectivity index (χ0) is 16.3. The minimum Gasteiger partial charge on any atom is -0.267 e. The molecule has 0 spiro atoms. The number of hydrogen-bond donors (Lipinski definition) is 1. The summed E-state index contributed by atoms with van der Waals surface area (Å²) in [4.78, 5) is 12.1. The second kappa shape index (κ2) is 7.47. The van der Waals surface area contributed by atoms with Crippen LogP contribution in [0.2, 0.25) is 15.1 Å². The summed E-state index contributed by atoms with van der Waals surface area (Å²) in [5.41, 5.74) is 4.09. The number of amides is 1. The molecule has 2 rings (SSSR count). The summed E-state index contributed by atoms with van der Waals surface area (Å²) in [7, 11) is 0. The molecule has 0 unspecified atom stereocenters. The lowest BCUT2D eigenvalue weighted by Gasteiger charge is -2.08. The zero-order valence-electron chi connectivity index (χ0n) is 11.3. The molecule has 2 aromatic carbocycles. The van der Waals surface area contributed by atoms with Gasteiger partial charge in [0.05, 0.1) is 26.3 Å². The fraction of sp³-hybridized carbons (Fsp3) is 0.0667. The molecule has 1 N–H and O–H groups in total. The van der Waals surface area contributed by atoms with Crippen molar-refractivity contribution in [1.82, 2.24) is 5.43 Å². The number of carbonyl (C=O) groups is 1. The van der Waals surface area contributed by atoms with Gasteiger partial charge in [-0.05, 0) is 41.1 Å². The summed E-state index contributed by atoms with van der Waals surface area (Å²) in [5, 5.41) is 4.97. The predicted molar refractivity (Wildman–Crippen MR) is 95.3 cm³/mol. The Kier molecular flexibility index (Phi) is 5.87. The van der Waals surface area contributed by atoms with Gasteiger partial charge in [-0.15, -0.1) is 0 Å². The molecule has 3 nitrogen and oxygen atoms in total. The van der Waals surface area contributed by atoms with Crippen LogP contribution in [0.15, 0.2) is 46.0 Å². The third-order valence-electron chi connectivity index (χ3n) is 2.87. The number of hydrogen-bond acceptors (Lipinski definition) is 2. The molecule has 0 saturated heterocycles. The van der Waals surface area contributed by atoms with Crippen LogP contribution in [0.5, 0.6) is 0 Å². The van der Waals surface area contributed by atoms with E-state index in [1.165, 1.54) is 0 Å². The standard InChI is InChI=1S/C15H10BrCl3N2O/c1-8(9-6-7-12(17)14(19)13(9)18)20-21-15(22)10-4-2-3-5-11(10)16/h2-7H,1H3,(H,21,22). The highest BCUT2D eigenvalue weighted by Gasteiger charge is 2.12. The second-order valence-corrected chi connectivity index (χ2v) is 6.36. The molecule has 0 aromatic heterocycles. The van der Waals surface area contributed by atoms with Crippen LogP contribution in [-0.2, 0) is 0 Å². The molecule has 22 heavy (non-hydrogen) atoms. The molecule has 0 aliphatic heterocycles. The molecule has 0 atom stereocenters. The van der Waals surface area contributed by atoms with Crippen molar-refractivity contribution in [3.05, 3.63) is 67.1 Å². The van der Waals surface area contributed by atoms with Gasteiger partial charge in [0, 0.05) is 10.0 Å². The number of halogens is 4. The van der Waals surface area contributed by atoms with Crippen LogP contribution in [0.3, 0.4) is 0 Å². The van der Waals surface area contributed by atoms with E-state index in [4.69, 9.17) is 34.8 Å². The van der Waals surface area contributed by atoms with Crippen molar-refractivity contribution in [2.75, 3.05) is 0 Å². The Labute approximate surface area is 151 Å². The fourth-order valence-corrected chi connectivity index (χ4v) is 2.84. The van der Waals surface area contributed by atoms with Crippen LogP contribution in [-0.4, -0.2) is 11.6 Å². The van der Waals surface area contributed by atoms with Crippen LogP contribution in [0.1, 0.15) is 22.8 Å². The summed E-state index contributed by atoms with van der Waals surface area (Å²) in [6, 6.07) is 10.4. The van der Waals surface area contributed by atoms with E-state index in [9.17, 15) is 4.79 Å². The minimum atomic E-state index is -0.331. The maximum atomic E-state index is 12.1. The van der Waals surface area contributed by atoms with Crippen molar-refractivity contribution in [3.63, 3.8) is 0 Å². The van der Waals surface area contributed by atoms with Crippen molar-refractivity contribution in [2.45, 2.75) is 6.92 Å². The number of carbonyl (C=O) groups excluding carboxylic acids is 1. The molecule has 0 aliphatic carbocycles. The van der Waals surface area contributed by atoms with E-state index >= 15 is 0 Å². The van der Waals surface area contributed by atoms with Crippen LogP contribution < -0.4 is 5.43 Å². The largest absolute Gasteiger partial charge is 0.272 e. The summed E-state index contributed by atoms with van der Waals surface area (Å²) >= 11 is 21.3. The molecule has 0 radical (unpaired) electrons. The van der Waals surface area contributed by atoms with Crippen molar-refractivity contribution in [2.24, 2.45) is 5.10 Å². The van der Waals surface area contributed by atoms with Crippen molar-refractivity contribution in [3.8, 4) is 0 Å². The molecule has 0 aliphatic rings. The molecule has 114 valence electrons. The lowest BCUT2D eigenvalue weighted by atomic mass is 10.1. The third-order valence-corrected chi connectivity index (χ3v) is 4.85. The highest BCUT2D eigenvalue weighted by molar-refractivity contribution is 9.10. The van der Waals surface area contributed by atoms with E-state index in [-0.39, 0.29) is 10.9 Å². The molecule has 7 heteroatoms. The van der Waals surface area contributed by atoms with Gasteiger partial charge in [-0.25, -0.2) is 5.43 Å². The summed E-state index contributed by atoms with van der Waals surface area (Å²) in [5.74, 6) is -0.331. The molecule has 1 amide bonds. The second-order valence-electron chi connectivity index (χ2n) is 4.34. The normalized spacial score (nSPS) is 11.4. The van der Waals surface area contributed by atoms with Gasteiger partial charge >= 0.3 is 0 Å². The van der Waals surface area contributed by atoms with Gasteiger partial charge in [0.15, 0.2) is 0 Å². The highest BCUT2D eigenvalue weighted by atomic mass is 79.9. The number of nitrogens with one attached hydrogen (secondary N) is 1. The van der Waals surface area contributed by atoms with Crippen molar-refractivity contribution in [1.29, 1.82) is 0 Å². The average molecular weight is 421 g/mol. The molecule has 0 bridgehead atoms. The Balaban J connectivity index is 2.22. The minimum absolute atomic E-state index is 0.257. The fourth-order valence-electron chi connectivity index (χ4n) is 1.71. The molecule has 0 fully saturated rings. The first kappa shape index (κ1) is 17.3. The van der Waals surface area contributed by atoms with Gasteiger partial charge in [0.1, 0.15) is 0 Å². The lowest BCUT2D eigenvalue weighted by molar-refractivity contribution is 0.0954. The van der Waals surface area contributed by atoms with Gasteiger partial charge in [-0.1, -0.05) is 53.0 Å². The Bertz CT molecular complexity index is 762. The lowest BCUT2D eigenvalue weighted by Crippen LogP contribution is -2.19. The van der Waals surface area contributed by atoms with Gasteiger partial charge in [0.2, 0.25) is 0 Å². The third kappa shape index (κ3) is 3.82. The first-order valence-corrected chi connectivity index (χ1v) is 8.07. The van der Waals surface area contributed by atoms with E-state index in [0.29, 0.717) is 31.4 Å². The smallest absolute Gasteiger partial charge is 0.267 e. The Morgan fingerprint density at radius 3 is 2.41 bits per heavy atom. The molecular formula is C15H10BrCl3N2O. The van der Waals surface area contributed by atoms with Crippen LogP contribution in [0, 0.1) is 0 Å². The van der Waals surface area contributed by atoms with E-state index in [0.717, 1.165) is 0 Å². The van der Waals surface area contributed by atoms with Crippen molar-refractivity contribution >= 4 is 62.4 Å². The average Bonchev–Trinajstić information content (AvgIpc) is 2.50. The summed E-state index contributed by atoms with van der Waals surface area (Å²) in [6.45, 7) is 1.71. The monoisotopic (exact) mass is 418 g/mol. The number of rotatable bonds is 3. The summed E-state index contributed by atoms with van der Waals surface area (Å²) in [6.07, 6.45) is 0. The first-order valence-electron chi connectivity index (χ1n) is 6.15. The zero-order valence-corrected chi connectivity index (χ0v) is 15.2. The molecule has 0 saturated carbocycles. The topological polar surface area (TPSA) is 41.5 Å². The van der Waals surface area contributed by atoms with E-state index < -0.39 is 0 Å². The quantitative estimate of drug-likeness (QED) is 0.394. The Morgan fingerprint density at radius 2 is 1.73 bits per heavy atom. The predicted octanol–water partition coefficient (Wildman–Crippen LogP) is 5.56. The first-order chi connectivity index (χ1) is 10.4. The van der Waals surface area contributed by atoms with Gasteiger partial charge in [0.25, 0.3) is 5.91 Å². The number of nitrogens with zero attached hydrogens (tertiary/aromatic N) is 1. The van der Waals surface area contributed by atoms with E-state index in [2.05, 4.69) is 26.5 Å². The van der Waals surface area contributed by atoms with Crippen LogP contribution in [0.4, 0.5) is 0 Å². The Morgan fingerprint density at radius 1 is 1.05 bits per heavy atom. The summed E-state index contributed by atoms with van der Waals surface area (Å²) < 4.78 is 0.688. The molecular weight excluding hydrogens is 410 g/mol. The van der Waals surface area contributed by atoms with Crippen LogP contribution >= 0.6 is 50.7 Å². The molecule has 0 heterocycles. The number of hydrazone groups is 1. The SMILES string of the molecule is CC(=NNC(=O)c1ccccc1Br)c1ccc(Cl)c(Cl)c1Cl. The van der Waals surface area contributed by atoms with E-state index in [1.54, 1.807) is 37.3 Å². The van der Waals surface area contributed by atoms with Gasteiger partial charge < -0.3 is 0 Å². The number of benzene rings is 2. The molecule has 2 aromatic rings. The van der Waals surface area contributed by atoms with Crippen LogP contribution in [0.25, 0.3) is 0 Å². The van der Waals surface area contributed by atoms with E-state index in [1.807, 2.05) is 6.07 Å². The van der Waals surface area contributed by atoms with Crippen molar-refractivity contribution < 1.29 is 4.79 Å². The maximum absolute atomic E-state index is 12.1. The van der Waals surface area contributed by atoms with Gasteiger partial charge in [-0.3, -0.25) is 4.79 Å². The van der Waals surface area contributed by atoms with Gasteiger partial charge in [-0.2, -0.15) is 5.10 Å². The maximum Gasteiger partial charge on any atom is 0.272 e.